The van der Waals surface area contributed by atoms with Crippen LogP contribution in [0.5, 0.6) is 0 Å². The van der Waals surface area contributed by atoms with Crippen molar-refractivity contribution >= 4 is 0 Å². The van der Waals surface area contributed by atoms with E-state index in [-0.39, 0.29) is 24.8 Å². The summed E-state index contributed by atoms with van der Waals surface area (Å²) in [5, 5.41) is 0. The van der Waals surface area contributed by atoms with Crippen molar-refractivity contribution in [1.82, 2.24) is 0 Å². The van der Waals surface area contributed by atoms with E-state index in [1.165, 1.54) is 24.0 Å². The lowest BCUT2D eigenvalue weighted by Gasteiger charge is -2.00. The molecule has 0 aliphatic carbocycles. The van der Waals surface area contributed by atoms with Gasteiger partial charge in [0.15, 0.2) is 24.8 Å². The highest BCUT2D eigenvalue weighted by Crippen LogP contribution is 2.15. The van der Waals surface area contributed by atoms with Crippen LogP contribution in [-0.2, 0) is 13.1 Å². The molecule has 0 spiro atoms. The van der Waals surface area contributed by atoms with Gasteiger partial charge in [-0.15, -0.1) is 0 Å². The van der Waals surface area contributed by atoms with E-state index in [2.05, 4.69) is 72.0 Å². The van der Waals surface area contributed by atoms with Crippen LogP contribution in [0.4, 0.5) is 0 Å². The number of nitrogens with zero attached hydrogens (tertiary/aromatic N) is 2. The fourth-order valence-corrected chi connectivity index (χ4v) is 2.11. The molecule has 0 radical (unpaired) electrons. The lowest BCUT2D eigenvalue weighted by atomic mass is 10.1. The molecule has 0 aliphatic rings. The maximum atomic E-state index is 2.23. The molecule has 0 fully saturated rings. The highest BCUT2D eigenvalue weighted by atomic mass is 35.5. The van der Waals surface area contributed by atoms with Crippen molar-refractivity contribution in [3.63, 3.8) is 0 Å². The van der Waals surface area contributed by atoms with Gasteiger partial charge in [-0.25, -0.2) is 9.13 Å². The molecular formula is C16H22Cl2N2. The zero-order valence-corrected chi connectivity index (χ0v) is 13.6. The molecule has 0 amide bonds. The summed E-state index contributed by atoms with van der Waals surface area (Å²) in [4.78, 5) is 0. The summed E-state index contributed by atoms with van der Waals surface area (Å²) in [6.45, 7) is 6.58. The summed E-state index contributed by atoms with van der Waals surface area (Å²) in [6.07, 6.45) is 11.0. The number of rotatable bonds is 5. The molecule has 0 unspecified atom stereocenters. The summed E-state index contributed by atoms with van der Waals surface area (Å²) in [5.74, 6) is 0. The molecule has 0 aromatic carbocycles. The summed E-state index contributed by atoms with van der Waals surface area (Å²) >= 11 is 0. The van der Waals surface area contributed by atoms with E-state index in [4.69, 9.17) is 0 Å². The minimum atomic E-state index is 0. The first-order valence-electron chi connectivity index (χ1n) is 6.82. The van der Waals surface area contributed by atoms with Gasteiger partial charge in [0.2, 0.25) is 0 Å². The Bertz CT molecular complexity index is 433. The fraction of sp³-hybridized carbons (Fsp3) is 0.375. The van der Waals surface area contributed by atoms with Crippen molar-refractivity contribution in [2.24, 2.45) is 0 Å². The maximum Gasteiger partial charge on any atom is 0.169 e. The smallest absolute Gasteiger partial charge is 0.169 e. The van der Waals surface area contributed by atoms with E-state index in [9.17, 15) is 0 Å². The fourth-order valence-electron chi connectivity index (χ4n) is 2.11. The Morgan fingerprint density at radius 2 is 0.950 bits per heavy atom. The van der Waals surface area contributed by atoms with Gasteiger partial charge in [-0.05, 0) is 11.1 Å². The van der Waals surface area contributed by atoms with Crippen LogP contribution in [-0.4, -0.2) is 0 Å². The number of hydrogen-bond donors (Lipinski definition) is 0. The minimum absolute atomic E-state index is 0. The van der Waals surface area contributed by atoms with Crippen molar-refractivity contribution in [3.05, 3.63) is 49.1 Å². The average molecular weight is 313 g/mol. The van der Waals surface area contributed by atoms with E-state index < -0.39 is 0 Å². The van der Waals surface area contributed by atoms with Crippen LogP contribution in [0.25, 0.3) is 11.1 Å². The van der Waals surface area contributed by atoms with Crippen LogP contribution >= 0.6 is 0 Å². The molecule has 2 aromatic rings. The molecule has 0 N–H and O–H groups in total. The Hall–Kier alpha value is -1.12. The number of hydrogen-bond acceptors (Lipinski definition) is 0. The van der Waals surface area contributed by atoms with E-state index >= 15 is 0 Å². The molecule has 110 valence electrons. The second-order valence-corrected chi connectivity index (χ2v) is 4.65. The van der Waals surface area contributed by atoms with Crippen LogP contribution in [0, 0.1) is 0 Å². The SMILES string of the molecule is CCC[n+]1ccc(-c2cc[n+](CCC)cc2)cc1.[Cl-].[Cl-]. The Kier molecular flexibility index (Phi) is 9.19. The largest absolute Gasteiger partial charge is 1.00 e. The summed E-state index contributed by atoms with van der Waals surface area (Å²) in [6, 6.07) is 8.76. The van der Waals surface area contributed by atoms with Gasteiger partial charge in [0, 0.05) is 37.1 Å². The molecule has 0 saturated heterocycles. The van der Waals surface area contributed by atoms with Gasteiger partial charge >= 0.3 is 0 Å². The Morgan fingerprint density at radius 1 is 0.650 bits per heavy atom. The van der Waals surface area contributed by atoms with Crippen molar-refractivity contribution < 1.29 is 33.9 Å². The first kappa shape index (κ1) is 18.9. The highest BCUT2D eigenvalue weighted by molar-refractivity contribution is 5.60. The monoisotopic (exact) mass is 312 g/mol. The standard InChI is InChI=1S/C16H22N2.2ClH/c1-3-9-17-11-5-15(6-12-17)16-7-13-18(10-4-2)14-8-16;;/h5-8,11-14H,3-4,9-10H2,1-2H3;2*1H/q+2;;/p-2. The van der Waals surface area contributed by atoms with Crippen LogP contribution in [0.3, 0.4) is 0 Å². The topological polar surface area (TPSA) is 7.76 Å². The van der Waals surface area contributed by atoms with E-state index in [1.807, 2.05) is 0 Å². The quantitative estimate of drug-likeness (QED) is 0.513. The van der Waals surface area contributed by atoms with Gasteiger partial charge in [0.25, 0.3) is 0 Å². The normalized spacial score (nSPS) is 9.50. The summed E-state index contributed by atoms with van der Waals surface area (Å²) in [5.41, 5.74) is 2.57. The van der Waals surface area contributed by atoms with Crippen molar-refractivity contribution in [1.29, 1.82) is 0 Å². The minimum Gasteiger partial charge on any atom is -1.00 e. The molecule has 0 bridgehead atoms. The molecule has 0 atom stereocenters. The van der Waals surface area contributed by atoms with Crippen molar-refractivity contribution in [3.8, 4) is 11.1 Å². The third-order valence-electron chi connectivity index (χ3n) is 3.08. The molecule has 2 rings (SSSR count). The summed E-state index contributed by atoms with van der Waals surface area (Å²) < 4.78 is 4.45. The molecule has 2 heterocycles. The van der Waals surface area contributed by atoms with Crippen molar-refractivity contribution in [2.45, 2.75) is 39.8 Å². The molecule has 0 saturated carbocycles. The van der Waals surface area contributed by atoms with Gasteiger partial charge in [0.1, 0.15) is 13.1 Å². The van der Waals surface area contributed by atoms with Gasteiger partial charge < -0.3 is 24.8 Å². The van der Waals surface area contributed by atoms with Gasteiger partial charge in [-0.2, -0.15) is 0 Å². The van der Waals surface area contributed by atoms with Crippen LogP contribution in [0.1, 0.15) is 26.7 Å². The Balaban J connectivity index is 0.00000180. The van der Waals surface area contributed by atoms with E-state index in [0.717, 1.165) is 13.1 Å². The molecule has 4 heteroatoms. The maximum absolute atomic E-state index is 2.23. The lowest BCUT2D eigenvalue weighted by molar-refractivity contribution is -0.697. The van der Waals surface area contributed by atoms with E-state index in [0.29, 0.717) is 0 Å². The molecule has 0 aliphatic heterocycles. The number of pyridine rings is 2. The zero-order valence-electron chi connectivity index (χ0n) is 12.1. The second-order valence-electron chi connectivity index (χ2n) is 4.65. The van der Waals surface area contributed by atoms with Gasteiger partial charge in [-0.1, -0.05) is 13.8 Å². The third-order valence-corrected chi connectivity index (χ3v) is 3.08. The number of aryl methyl sites for hydroxylation is 2. The molecule has 2 aromatic heterocycles. The summed E-state index contributed by atoms with van der Waals surface area (Å²) in [7, 11) is 0. The molecule has 2 nitrogen and oxygen atoms in total. The van der Waals surface area contributed by atoms with Gasteiger partial charge in [-0.3, -0.25) is 0 Å². The van der Waals surface area contributed by atoms with Crippen LogP contribution < -0.4 is 33.9 Å². The predicted octanol–water partition coefficient (Wildman–Crippen LogP) is -3.24. The third kappa shape index (κ3) is 5.10. The van der Waals surface area contributed by atoms with E-state index in [1.54, 1.807) is 0 Å². The first-order chi connectivity index (χ1) is 8.83. The average Bonchev–Trinajstić information content (AvgIpc) is 2.41. The van der Waals surface area contributed by atoms with Crippen LogP contribution in [0.2, 0.25) is 0 Å². The Labute approximate surface area is 134 Å². The first-order valence-corrected chi connectivity index (χ1v) is 6.82. The van der Waals surface area contributed by atoms with Gasteiger partial charge in [0.05, 0.1) is 0 Å². The Morgan fingerprint density at radius 3 is 1.20 bits per heavy atom. The van der Waals surface area contributed by atoms with Crippen molar-refractivity contribution in [2.75, 3.05) is 0 Å². The second kappa shape index (κ2) is 9.73. The lowest BCUT2D eigenvalue weighted by Crippen LogP contribution is -3.00. The zero-order chi connectivity index (χ0) is 12.8. The molecule has 20 heavy (non-hydrogen) atoms. The highest BCUT2D eigenvalue weighted by Gasteiger charge is 2.04. The molecular weight excluding hydrogens is 291 g/mol. The predicted molar refractivity (Wildman–Crippen MR) is 72.9 cm³/mol. The van der Waals surface area contributed by atoms with Crippen LogP contribution in [0.15, 0.2) is 49.1 Å². The number of halogens is 2. The number of aromatic nitrogens is 2.